The number of rotatable bonds is 4. The average molecular weight is 449 g/mol. The van der Waals surface area contributed by atoms with Gasteiger partial charge in [0.2, 0.25) is 0 Å². The van der Waals surface area contributed by atoms with E-state index in [2.05, 4.69) is 20.3 Å². The predicted octanol–water partition coefficient (Wildman–Crippen LogP) is 4.52. The number of aromatic amines is 1. The minimum atomic E-state index is -0.735. The zero-order valence-electron chi connectivity index (χ0n) is 17.1. The van der Waals surface area contributed by atoms with E-state index in [4.69, 9.17) is 21.6 Å². The Morgan fingerprint density at radius 1 is 1.16 bits per heavy atom. The zero-order valence-corrected chi connectivity index (χ0v) is 17.9. The molecular formula is C23H21ClN6O2. The molecule has 7 rings (SSSR count). The van der Waals surface area contributed by atoms with E-state index in [1.165, 1.54) is 0 Å². The van der Waals surface area contributed by atoms with E-state index in [1.54, 1.807) is 12.4 Å². The van der Waals surface area contributed by atoms with Crippen LogP contribution in [0.15, 0.2) is 36.8 Å². The van der Waals surface area contributed by atoms with Crippen molar-refractivity contribution in [3.05, 3.63) is 41.8 Å². The molecule has 4 aromatic heterocycles. The number of carboxylic acids is 1. The van der Waals surface area contributed by atoms with Gasteiger partial charge in [0.1, 0.15) is 11.2 Å². The number of hydrogen-bond donors (Lipinski definition) is 3. The Hall–Kier alpha value is -3.26. The number of anilines is 1. The first-order valence-corrected chi connectivity index (χ1v) is 11.2. The number of pyridine rings is 2. The van der Waals surface area contributed by atoms with Crippen LogP contribution in [-0.2, 0) is 4.79 Å². The molecule has 0 radical (unpaired) electrons. The van der Waals surface area contributed by atoms with E-state index >= 15 is 0 Å². The lowest BCUT2D eigenvalue weighted by atomic mass is 9.61. The Morgan fingerprint density at radius 2 is 1.97 bits per heavy atom. The van der Waals surface area contributed by atoms with Gasteiger partial charge in [-0.05, 0) is 55.7 Å². The van der Waals surface area contributed by atoms with Gasteiger partial charge in [-0.2, -0.15) is 0 Å². The molecule has 4 aromatic rings. The number of fused-ring (bicyclic) bond motifs is 5. The molecule has 3 saturated carbocycles. The summed E-state index contributed by atoms with van der Waals surface area (Å²) in [7, 11) is 0. The van der Waals surface area contributed by atoms with Gasteiger partial charge in [0, 0.05) is 35.6 Å². The summed E-state index contributed by atoms with van der Waals surface area (Å²) in [4.78, 5) is 33.7. The molecule has 3 aliphatic rings. The number of carbonyl (C=O) groups is 1. The molecule has 0 saturated heterocycles. The Balaban J connectivity index is 1.48. The second-order valence-electron chi connectivity index (χ2n) is 8.73. The summed E-state index contributed by atoms with van der Waals surface area (Å²) >= 11 is 6.18. The molecule has 0 unspecified atom stereocenters. The van der Waals surface area contributed by atoms with Crippen molar-refractivity contribution in [2.75, 3.05) is 5.32 Å². The van der Waals surface area contributed by atoms with Crippen molar-refractivity contribution < 1.29 is 9.90 Å². The highest BCUT2D eigenvalue weighted by molar-refractivity contribution is 6.31. The summed E-state index contributed by atoms with van der Waals surface area (Å²) in [5.41, 5.74) is 2.81. The third kappa shape index (κ3) is 3.09. The number of aromatic nitrogens is 5. The molecule has 9 heteroatoms. The van der Waals surface area contributed by atoms with Gasteiger partial charge >= 0.3 is 5.97 Å². The van der Waals surface area contributed by atoms with Gasteiger partial charge in [0.25, 0.3) is 0 Å². The molecule has 0 aliphatic heterocycles. The van der Waals surface area contributed by atoms with Crippen LogP contribution in [0.2, 0.25) is 5.02 Å². The summed E-state index contributed by atoms with van der Waals surface area (Å²) in [5.74, 6) is 0.443. The first kappa shape index (κ1) is 19.4. The molecule has 4 heterocycles. The van der Waals surface area contributed by atoms with Crippen molar-refractivity contribution >= 4 is 45.5 Å². The Kier molecular flexibility index (Phi) is 4.50. The quantitative estimate of drug-likeness (QED) is 0.420. The van der Waals surface area contributed by atoms with Gasteiger partial charge in [0.15, 0.2) is 11.6 Å². The number of carboxylic acid groups (broad SMARTS) is 1. The summed E-state index contributed by atoms with van der Waals surface area (Å²) in [6.07, 6.45) is 9.16. The van der Waals surface area contributed by atoms with E-state index in [-0.39, 0.29) is 12.0 Å². The molecule has 2 atom stereocenters. The number of nitrogens with zero attached hydrogens (tertiary/aromatic N) is 4. The standard InChI is InChI=1S/C23H21ClN6O2/c24-13-8-14-15(10-27-20(14)26-9-13)21-28-16-2-1-7-25-19(16)22(30-21)29-18-12-5-3-11(4-6-12)17(18)23(31)32/h1-2,7-12,17-18H,3-6H2,(H,26,27)(H,31,32)(H,28,29,30)/t11?,12?,17-,18-/m0/s1. The Labute approximate surface area is 188 Å². The van der Waals surface area contributed by atoms with Crippen molar-refractivity contribution in [1.29, 1.82) is 0 Å². The zero-order chi connectivity index (χ0) is 21.8. The summed E-state index contributed by atoms with van der Waals surface area (Å²) < 4.78 is 0. The van der Waals surface area contributed by atoms with Crippen LogP contribution < -0.4 is 5.32 Å². The van der Waals surface area contributed by atoms with E-state index in [0.717, 1.165) is 36.6 Å². The molecule has 162 valence electrons. The minimum absolute atomic E-state index is 0.174. The van der Waals surface area contributed by atoms with E-state index in [1.807, 2.05) is 24.4 Å². The smallest absolute Gasteiger partial charge is 0.308 e. The number of nitrogens with one attached hydrogen (secondary N) is 2. The molecule has 3 aliphatic carbocycles. The molecule has 2 bridgehead atoms. The van der Waals surface area contributed by atoms with E-state index in [9.17, 15) is 9.90 Å². The summed E-state index contributed by atoms with van der Waals surface area (Å²) in [5, 5.41) is 14.8. The second-order valence-corrected chi connectivity index (χ2v) is 9.16. The fraction of sp³-hybridized carbons (Fsp3) is 0.348. The molecule has 0 aromatic carbocycles. The monoisotopic (exact) mass is 448 g/mol. The van der Waals surface area contributed by atoms with Gasteiger partial charge in [-0.15, -0.1) is 0 Å². The molecule has 32 heavy (non-hydrogen) atoms. The largest absolute Gasteiger partial charge is 0.481 e. The first-order chi connectivity index (χ1) is 15.6. The lowest BCUT2D eigenvalue weighted by molar-refractivity contribution is -0.148. The van der Waals surface area contributed by atoms with Gasteiger partial charge in [-0.3, -0.25) is 9.78 Å². The first-order valence-electron chi connectivity index (χ1n) is 10.8. The van der Waals surface area contributed by atoms with Crippen LogP contribution >= 0.6 is 11.6 Å². The third-order valence-corrected chi connectivity index (χ3v) is 7.21. The van der Waals surface area contributed by atoms with Crippen LogP contribution in [0.1, 0.15) is 25.7 Å². The van der Waals surface area contributed by atoms with Gasteiger partial charge in [0.05, 0.1) is 16.5 Å². The number of hydrogen-bond acceptors (Lipinski definition) is 6. The van der Waals surface area contributed by atoms with E-state index in [0.29, 0.717) is 39.3 Å². The highest BCUT2D eigenvalue weighted by Gasteiger charge is 2.47. The van der Waals surface area contributed by atoms with Crippen LogP contribution in [0, 0.1) is 17.8 Å². The SMILES string of the molecule is O=C(O)[C@H]1C2CCC(CC2)[C@@H]1Nc1nc(-c2c[nH]c3ncc(Cl)cc23)nc2cccnc12. The van der Waals surface area contributed by atoms with Crippen LogP contribution in [0.3, 0.4) is 0 Å². The predicted molar refractivity (Wildman–Crippen MR) is 121 cm³/mol. The number of H-pyrrole nitrogens is 1. The third-order valence-electron chi connectivity index (χ3n) is 7.00. The van der Waals surface area contributed by atoms with Crippen molar-refractivity contribution in [1.82, 2.24) is 24.9 Å². The lowest BCUT2D eigenvalue weighted by Crippen LogP contribution is -2.51. The van der Waals surface area contributed by atoms with Crippen LogP contribution in [0.4, 0.5) is 5.82 Å². The Morgan fingerprint density at radius 3 is 2.78 bits per heavy atom. The van der Waals surface area contributed by atoms with Crippen LogP contribution in [0.25, 0.3) is 33.5 Å². The van der Waals surface area contributed by atoms with Crippen LogP contribution in [0.5, 0.6) is 0 Å². The maximum absolute atomic E-state index is 12.1. The van der Waals surface area contributed by atoms with Gasteiger partial charge in [-0.25, -0.2) is 15.0 Å². The molecular weight excluding hydrogens is 428 g/mol. The number of aliphatic carboxylic acids is 1. The number of halogens is 1. The summed E-state index contributed by atoms with van der Waals surface area (Å²) in [6, 6.07) is 5.38. The van der Waals surface area contributed by atoms with Crippen molar-refractivity contribution in [3.63, 3.8) is 0 Å². The maximum atomic E-state index is 12.1. The van der Waals surface area contributed by atoms with Gasteiger partial charge in [-0.1, -0.05) is 11.6 Å². The van der Waals surface area contributed by atoms with Crippen molar-refractivity contribution in [3.8, 4) is 11.4 Å². The highest BCUT2D eigenvalue weighted by atomic mass is 35.5. The lowest BCUT2D eigenvalue weighted by Gasteiger charge is -2.47. The minimum Gasteiger partial charge on any atom is -0.481 e. The highest BCUT2D eigenvalue weighted by Crippen LogP contribution is 2.46. The maximum Gasteiger partial charge on any atom is 0.308 e. The fourth-order valence-electron chi connectivity index (χ4n) is 5.52. The molecule has 0 amide bonds. The van der Waals surface area contributed by atoms with E-state index < -0.39 is 11.9 Å². The molecule has 3 N–H and O–H groups in total. The van der Waals surface area contributed by atoms with Crippen molar-refractivity contribution in [2.45, 2.75) is 31.7 Å². The van der Waals surface area contributed by atoms with Gasteiger partial charge < -0.3 is 15.4 Å². The fourth-order valence-corrected chi connectivity index (χ4v) is 5.68. The summed E-state index contributed by atoms with van der Waals surface area (Å²) in [6.45, 7) is 0. The van der Waals surface area contributed by atoms with Crippen LogP contribution in [-0.4, -0.2) is 42.0 Å². The topological polar surface area (TPSA) is 117 Å². The molecule has 0 spiro atoms. The Bertz CT molecular complexity index is 1350. The normalized spacial score (nSPS) is 24.8. The second kappa shape index (κ2) is 7.41. The average Bonchev–Trinajstić information content (AvgIpc) is 3.22. The molecule has 3 fully saturated rings. The van der Waals surface area contributed by atoms with Crippen molar-refractivity contribution in [2.24, 2.45) is 17.8 Å². The molecule has 8 nitrogen and oxygen atoms in total.